The molecule has 188 valence electrons. The third-order valence-corrected chi connectivity index (χ3v) is 6.48. The number of carbonyl (C=O) groups excluding carboxylic acids is 2. The van der Waals surface area contributed by atoms with Crippen molar-refractivity contribution in [3.63, 3.8) is 0 Å². The van der Waals surface area contributed by atoms with E-state index in [0.29, 0.717) is 19.4 Å². The fraction of sp³-hybridized carbons (Fsp3) is 0.355. The van der Waals surface area contributed by atoms with Crippen LogP contribution in [-0.4, -0.2) is 40.0 Å². The minimum absolute atomic E-state index is 0.00402. The first-order chi connectivity index (χ1) is 17.3. The van der Waals surface area contributed by atoms with Crippen LogP contribution < -0.4 is 0 Å². The summed E-state index contributed by atoms with van der Waals surface area (Å²) < 4.78 is 5.66. The van der Waals surface area contributed by atoms with Crippen molar-refractivity contribution in [1.82, 2.24) is 9.80 Å². The van der Waals surface area contributed by atoms with Crippen LogP contribution >= 0.6 is 0 Å². The van der Waals surface area contributed by atoms with Crippen LogP contribution in [0.4, 0.5) is 4.79 Å². The van der Waals surface area contributed by atoms with Crippen LogP contribution in [0, 0.1) is 5.92 Å². The average Bonchev–Trinajstić information content (AvgIpc) is 2.86. The Morgan fingerprint density at radius 3 is 1.78 bits per heavy atom. The maximum Gasteiger partial charge on any atom is 0.417 e. The molecular weight excluding hydrogens is 448 g/mol. The predicted molar refractivity (Wildman–Crippen MR) is 142 cm³/mol. The van der Waals surface area contributed by atoms with Crippen LogP contribution in [0.5, 0.6) is 0 Å². The van der Waals surface area contributed by atoms with Crippen molar-refractivity contribution < 1.29 is 14.3 Å². The Labute approximate surface area is 214 Å². The van der Waals surface area contributed by atoms with Gasteiger partial charge in [-0.05, 0) is 50.3 Å². The molecule has 0 unspecified atom stereocenters. The Hall–Kier alpha value is -3.44. The molecule has 2 amide bonds. The van der Waals surface area contributed by atoms with E-state index in [-0.39, 0.29) is 17.9 Å². The molecule has 5 nitrogen and oxygen atoms in total. The van der Waals surface area contributed by atoms with E-state index in [1.165, 1.54) is 16.0 Å². The molecular formula is C31H36N2O3. The number of piperidine rings is 1. The van der Waals surface area contributed by atoms with Gasteiger partial charge in [0.05, 0.1) is 0 Å². The van der Waals surface area contributed by atoms with E-state index < -0.39 is 11.7 Å². The quantitative estimate of drug-likeness (QED) is 0.408. The van der Waals surface area contributed by atoms with Gasteiger partial charge in [0.1, 0.15) is 5.60 Å². The molecule has 1 heterocycles. The number of hydrogen-bond acceptors (Lipinski definition) is 4. The van der Waals surface area contributed by atoms with Crippen molar-refractivity contribution in [2.75, 3.05) is 6.54 Å². The van der Waals surface area contributed by atoms with Crippen molar-refractivity contribution in [3.05, 3.63) is 108 Å². The summed E-state index contributed by atoms with van der Waals surface area (Å²) in [7, 11) is 0. The highest BCUT2D eigenvalue weighted by Gasteiger charge is 2.41. The van der Waals surface area contributed by atoms with E-state index in [2.05, 4.69) is 29.2 Å². The third-order valence-electron chi connectivity index (χ3n) is 6.48. The fourth-order valence-electron chi connectivity index (χ4n) is 4.79. The number of imide groups is 1. The summed E-state index contributed by atoms with van der Waals surface area (Å²) in [5, 5.41) is 0. The lowest BCUT2D eigenvalue weighted by atomic mass is 9.87. The van der Waals surface area contributed by atoms with E-state index in [9.17, 15) is 9.59 Å². The molecule has 36 heavy (non-hydrogen) atoms. The lowest BCUT2D eigenvalue weighted by Crippen LogP contribution is -2.56. The second-order valence-corrected chi connectivity index (χ2v) is 10.6. The van der Waals surface area contributed by atoms with Gasteiger partial charge in [-0.15, -0.1) is 0 Å². The molecule has 1 aliphatic heterocycles. The zero-order chi connectivity index (χ0) is 25.5. The average molecular weight is 485 g/mol. The van der Waals surface area contributed by atoms with E-state index in [4.69, 9.17) is 4.74 Å². The molecule has 2 atom stereocenters. The minimum atomic E-state index is -0.674. The fourth-order valence-corrected chi connectivity index (χ4v) is 4.79. The maximum absolute atomic E-state index is 13.5. The van der Waals surface area contributed by atoms with Gasteiger partial charge in [-0.25, -0.2) is 9.69 Å². The van der Waals surface area contributed by atoms with Crippen LogP contribution in [0.25, 0.3) is 0 Å². The zero-order valence-corrected chi connectivity index (χ0v) is 21.5. The number of benzene rings is 3. The van der Waals surface area contributed by atoms with Gasteiger partial charge in [-0.1, -0.05) is 91.0 Å². The van der Waals surface area contributed by atoms with Gasteiger partial charge in [0.2, 0.25) is 5.91 Å². The molecule has 1 saturated heterocycles. The van der Waals surface area contributed by atoms with Gasteiger partial charge in [0, 0.05) is 31.6 Å². The predicted octanol–water partition coefficient (Wildman–Crippen LogP) is 6.08. The zero-order valence-electron chi connectivity index (χ0n) is 21.5. The van der Waals surface area contributed by atoms with Crippen LogP contribution in [-0.2, 0) is 29.0 Å². The lowest BCUT2D eigenvalue weighted by molar-refractivity contribution is -0.140. The molecule has 0 spiro atoms. The second-order valence-electron chi connectivity index (χ2n) is 10.6. The molecule has 5 heteroatoms. The monoisotopic (exact) mass is 484 g/mol. The molecule has 1 fully saturated rings. The Kier molecular flexibility index (Phi) is 8.21. The normalized spacial score (nSPS) is 18.3. The van der Waals surface area contributed by atoms with Gasteiger partial charge in [0.25, 0.3) is 0 Å². The number of amides is 2. The van der Waals surface area contributed by atoms with E-state index in [0.717, 1.165) is 18.7 Å². The van der Waals surface area contributed by atoms with E-state index >= 15 is 0 Å². The lowest BCUT2D eigenvalue weighted by Gasteiger charge is -2.42. The molecule has 4 rings (SSSR count). The summed E-state index contributed by atoms with van der Waals surface area (Å²) in [5.74, 6) is -0.448. The summed E-state index contributed by atoms with van der Waals surface area (Å²) in [4.78, 5) is 30.5. The molecule has 3 aromatic carbocycles. The van der Waals surface area contributed by atoms with Gasteiger partial charge >= 0.3 is 6.09 Å². The third kappa shape index (κ3) is 7.05. The van der Waals surface area contributed by atoms with Crippen LogP contribution in [0.1, 0.15) is 43.9 Å². The van der Waals surface area contributed by atoms with Crippen molar-refractivity contribution >= 4 is 12.0 Å². The van der Waals surface area contributed by atoms with Gasteiger partial charge in [0.15, 0.2) is 0 Å². The second kappa shape index (κ2) is 11.5. The van der Waals surface area contributed by atoms with Crippen LogP contribution in [0.15, 0.2) is 91.0 Å². The number of nitrogens with zero attached hydrogens (tertiary/aromatic N) is 2. The number of rotatable bonds is 7. The summed E-state index contributed by atoms with van der Waals surface area (Å²) >= 11 is 0. The standard InChI is InChI=1S/C31H36N2O3/c1-31(2,3)36-30(35)33-23-28(20-27(29(33)34)19-24-13-7-4-8-14-24)32(21-25-15-9-5-10-16-25)22-26-17-11-6-12-18-26/h4-18,27-28H,19-23H2,1-3H3/t27-,28+/m1/s1. The highest BCUT2D eigenvalue weighted by molar-refractivity contribution is 5.94. The van der Waals surface area contributed by atoms with Crippen molar-refractivity contribution in [3.8, 4) is 0 Å². The maximum atomic E-state index is 13.5. The van der Waals surface area contributed by atoms with Gasteiger partial charge in [-0.3, -0.25) is 9.69 Å². The number of carbonyl (C=O) groups is 2. The molecule has 3 aromatic rings. The van der Waals surface area contributed by atoms with Crippen molar-refractivity contribution in [2.24, 2.45) is 5.92 Å². The highest BCUT2D eigenvalue weighted by Crippen LogP contribution is 2.29. The molecule has 0 aromatic heterocycles. The van der Waals surface area contributed by atoms with Gasteiger partial charge in [-0.2, -0.15) is 0 Å². The van der Waals surface area contributed by atoms with E-state index in [1.807, 2.05) is 87.5 Å². The van der Waals surface area contributed by atoms with Crippen LogP contribution in [0.3, 0.4) is 0 Å². The molecule has 0 bridgehead atoms. The summed E-state index contributed by atoms with van der Waals surface area (Å²) in [6.45, 7) is 7.27. The summed E-state index contributed by atoms with van der Waals surface area (Å²) in [6.07, 6.45) is 0.724. The van der Waals surface area contributed by atoms with Crippen molar-refractivity contribution in [1.29, 1.82) is 0 Å². The Balaban J connectivity index is 1.64. The number of ether oxygens (including phenoxy) is 1. The SMILES string of the molecule is CC(C)(C)OC(=O)N1C[C@@H](N(Cc2ccccc2)Cc2ccccc2)C[C@@H](Cc2ccccc2)C1=O. The first kappa shape index (κ1) is 25.6. The summed E-state index contributed by atoms with van der Waals surface area (Å²) in [6, 6.07) is 30.8. The molecule has 0 N–H and O–H groups in total. The largest absolute Gasteiger partial charge is 0.443 e. The molecule has 1 aliphatic rings. The summed E-state index contributed by atoms with van der Waals surface area (Å²) in [5.41, 5.74) is 2.83. The van der Waals surface area contributed by atoms with Crippen LogP contribution in [0.2, 0.25) is 0 Å². The Morgan fingerprint density at radius 2 is 1.31 bits per heavy atom. The minimum Gasteiger partial charge on any atom is -0.443 e. The first-order valence-electron chi connectivity index (χ1n) is 12.7. The number of hydrogen-bond donors (Lipinski definition) is 0. The Bertz CT molecular complexity index is 1090. The highest BCUT2D eigenvalue weighted by atomic mass is 16.6. The van der Waals surface area contributed by atoms with Crippen molar-refractivity contribution in [2.45, 2.75) is 58.3 Å². The smallest absolute Gasteiger partial charge is 0.417 e. The molecule has 0 radical (unpaired) electrons. The molecule has 0 aliphatic carbocycles. The topological polar surface area (TPSA) is 49.9 Å². The number of likely N-dealkylation sites (tertiary alicyclic amines) is 1. The van der Waals surface area contributed by atoms with Gasteiger partial charge < -0.3 is 4.74 Å². The molecule has 0 saturated carbocycles. The Morgan fingerprint density at radius 1 is 0.833 bits per heavy atom. The van der Waals surface area contributed by atoms with E-state index in [1.54, 1.807) is 0 Å². The first-order valence-corrected chi connectivity index (χ1v) is 12.7.